The Morgan fingerprint density at radius 1 is 1.20 bits per heavy atom. The van der Waals surface area contributed by atoms with E-state index in [0.29, 0.717) is 11.7 Å². The maximum absolute atomic E-state index is 13.1. The number of hydrogen-bond donors (Lipinski definition) is 2. The molecule has 0 spiro atoms. The largest absolute Gasteiger partial charge is 0.382 e. The molecule has 3 nitrogen and oxygen atoms in total. The summed E-state index contributed by atoms with van der Waals surface area (Å²) >= 11 is 0. The number of nitrogens with one attached hydrogen (secondary N) is 2. The van der Waals surface area contributed by atoms with Crippen molar-refractivity contribution in [1.82, 2.24) is 10.4 Å². The predicted octanol–water partition coefficient (Wildman–Crippen LogP) is 3.15. The second-order valence-corrected chi connectivity index (χ2v) is 5.30. The summed E-state index contributed by atoms with van der Waals surface area (Å²) in [5.74, 6) is -1.60. The van der Waals surface area contributed by atoms with Gasteiger partial charge in [0.05, 0.1) is 0 Å². The highest BCUT2D eigenvalue weighted by Gasteiger charge is 2.18. The number of nitrogens with zero attached hydrogens (tertiary/aromatic N) is 1. The van der Waals surface area contributed by atoms with Crippen molar-refractivity contribution in [3.63, 3.8) is 0 Å². The van der Waals surface area contributed by atoms with E-state index in [1.165, 1.54) is 25.0 Å². The summed E-state index contributed by atoms with van der Waals surface area (Å²) in [5, 5.41) is 5.52. The smallest absolute Gasteiger partial charge is 0.160 e. The van der Waals surface area contributed by atoms with Gasteiger partial charge in [0.15, 0.2) is 11.6 Å². The third kappa shape index (κ3) is 4.42. The molecular weight excluding hydrogens is 260 g/mol. The van der Waals surface area contributed by atoms with E-state index in [9.17, 15) is 8.78 Å². The van der Waals surface area contributed by atoms with Gasteiger partial charge in [-0.2, -0.15) is 0 Å². The lowest BCUT2D eigenvalue weighted by atomic mass is 10.1. The van der Waals surface area contributed by atoms with Crippen molar-refractivity contribution in [3.8, 4) is 0 Å². The molecular formula is C15H23F2N3. The molecule has 0 saturated carbocycles. The zero-order valence-electron chi connectivity index (χ0n) is 12.0. The topological polar surface area (TPSA) is 27.3 Å². The van der Waals surface area contributed by atoms with Gasteiger partial charge in [-0.1, -0.05) is 13.3 Å². The van der Waals surface area contributed by atoms with Gasteiger partial charge in [-0.3, -0.25) is 5.43 Å². The highest BCUT2D eigenvalue weighted by molar-refractivity contribution is 5.44. The molecule has 0 aromatic heterocycles. The summed E-state index contributed by atoms with van der Waals surface area (Å²) in [6, 6.07) is 4.30. The first-order valence-corrected chi connectivity index (χ1v) is 7.39. The summed E-state index contributed by atoms with van der Waals surface area (Å²) in [6.45, 7) is 5.16. The number of rotatable bonds is 6. The molecule has 112 valence electrons. The van der Waals surface area contributed by atoms with E-state index in [4.69, 9.17) is 0 Å². The van der Waals surface area contributed by atoms with Crippen LogP contribution in [-0.2, 0) is 0 Å². The lowest BCUT2D eigenvalue weighted by Gasteiger charge is -2.33. The fourth-order valence-electron chi connectivity index (χ4n) is 2.42. The van der Waals surface area contributed by atoms with Crippen LogP contribution in [0.3, 0.4) is 0 Å². The third-order valence-electron chi connectivity index (χ3n) is 3.65. The molecule has 1 aliphatic heterocycles. The minimum absolute atomic E-state index is 0.323. The lowest BCUT2D eigenvalue weighted by Crippen LogP contribution is -2.46. The highest BCUT2D eigenvalue weighted by Crippen LogP contribution is 2.18. The SMILES string of the molecule is CCCCNN1CCC(Nc2ccc(F)c(F)c2)CC1. The molecule has 5 heteroatoms. The normalized spacial score (nSPS) is 17.4. The molecule has 1 heterocycles. The summed E-state index contributed by atoms with van der Waals surface area (Å²) in [7, 11) is 0. The van der Waals surface area contributed by atoms with Gasteiger partial charge in [0.25, 0.3) is 0 Å². The van der Waals surface area contributed by atoms with Crippen LogP contribution in [0.1, 0.15) is 32.6 Å². The second kappa shape index (κ2) is 7.55. The average Bonchev–Trinajstić information content (AvgIpc) is 2.45. The molecule has 0 bridgehead atoms. The van der Waals surface area contributed by atoms with Gasteiger partial charge in [0.1, 0.15) is 0 Å². The summed E-state index contributed by atoms with van der Waals surface area (Å²) in [4.78, 5) is 0. The number of unbranched alkanes of at least 4 members (excludes halogenated alkanes) is 1. The van der Waals surface area contributed by atoms with E-state index in [1.54, 1.807) is 6.07 Å². The van der Waals surface area contributed by atoms with Gasteiger partial charge < -0.3 is 5.32 Å². The molecule has 1 aromatic carbocycles. The molecule has 20 heavy (non-hydrogen) atoms. The fourth-order valence-corrected chi connectivity index (χ4v) is 2.42. The molecule has 1 aliphatic rings. The minimum atomic E-state index is -0.800. The zero-order chi connectivity index (χ0) is 14.4. The monoisotopic (exact) mass is 283 g/mol. The van der Waals surface area contributed by atoms with Gasteiger partial charge >= 0.3 is 0 Å². The van der Waals surface area contributed by atoms with Crippen molar-refractivity contribution < 1.29 is 8.78 Å². The first kappa shape index (κ1) is 15.2. The number of halogens is 2. The second-order valence-electron chi connectivity index (χ2n) is 5.30. The Balaban J connectivity index is 1.75. The van der Waals surface area contributed by atoms with E-state index in [2.05, 4.69) is 22.7 Å². The van der Waals surface area contributed by atoms with Gasteiger partial charge in [0.2, 0.25) is 0 Å². The molecule has 2 rings (SSSR count). The van der Waals surface area contributed by atoms with Crippen LogP contribution in [0.25, 0.3) is 0 Å². The summed E-state index contributed by atoms with van der Waals surface area (Å²) in [6.07, 6.45) is 4.38. The Morgan fingerprint density at radius 3 is 2.60 bits per heavy atom. The Hall–Kier alpha value is -1.20. The Morgan fingerprint density at radius 2 is 1.95 bits per heavy atom. The standard InChI is InChI=1S/C15H23F2N3/c1-2-3-8-18-20-9-6-12(7-10-20)19-13-4-5-14(16)15(17)11-13/h4-5,11-12,18-19H,2-3,6-10H2,1H3. The number of anilines is 1. The molecule has 1 saturated heterocycles. The quantitative estimate of drug-likeness (QED) is 0.785. The van der Waals surface area contributed by atoms with Gasteiger partial charge in [-0.15, -0.1) is 0 Å². The van der Waals surface area contributed by atoms with Crippen molar-refractivity contribution in [2.24, 2.45) is 0 Å². The van der Waals surface area contributed by atoms with Crippen LogP contribution in [0.4, 0.5) is 14.5 Å². The van der Waals surface area contributed by atoms with Crippen LogP contribution in [0, 0.1) is 11.6 Å². The predicted molar refractivity (Wildman–Crippen MR) is 77.5 cm³/mol. The van der Waals surface area contributed by atoms with E-state index in [-0.39, 0.29) is 0 Å². The van der Waals surface area contributed by atoms with E-state index < -0.39 is 11.6 Å². The molecule has 1 aromatic rings. The molecule has 0 amide bonds. The number of hydrogen-bond acceptors (Lipinski definition) is 3. The van der Waals surface area contributed by atoms with Crippen molar-refractivity contribution in [2.75, 3.05) is 25.0 Å². The average molecular weight is 283 g/mol. The molecule has 0 radical (unpaired) electrons. The van der Waals surface area contributed by atoms with E-state index >= 15 is 0 Å². The number of benzene rings is 1. The Bertz CT molecular complexity index is 418. The van der Waals surface area contributed by atoms with Crippen molar-refractivity contribution >= 4 is 5.69 Å². The first-order valence-electron chi connectivity index (χ1n) is 7.39. The maximum Gasteiger partial charge on any atom is 0.160 e. The molecule has 0 aliphatic carbocycles. The van der Waals surface area contributed by atoms with Gasteiger partial charge in [-0.25, -0.2) is 13.8 Å². The summed E-state index contributed by atoms with van der Waals surface area (Å²) < 4.78 is 26.0. The van der Waals surface area contributed by atoms with Gasteiger partial charge in [-0.05, 0) is 31.4 Å². The van der Waals surface area contributed by atoms with Crippen LogP contribution in [0.5, 0.6) is 0 Å². The van der Waals surface area contributed by atoms with Crippen molar-refractivity contribution in [3.05, 3.63) is 29.8 Å². The van der Waals surface area contributed by atoms with E-state index in [0.717, 1.165) is 32.5 Å². The number of piperidine rings is 1. The van der Waals surface area contributed by atoms with Crippen LogP contribution in [-0.4, -0.2) is 30.7 Å². The lowest BCUT2D eigenvalue weighted by molar-refractivity contribution is 0.147. The maximum atomic E-state index is 13.1. The van der Waals surface area contributed by atoms with Crippen LogP contribution in [0.2, 0.25) is 0 Å². The molecule has 0 unspecified atom stereocenters. The first-order chi connectivity index (χ1) is 9.69. The summed E-state index contributed by atoms with van der Waals surface area (Å²) in [5.41, 5.74) is 4.07. The van der Waals surface area contributed by atoms with Crippen molar-refractivity contribution in [2.45, 2.75) is 38.6 Å². The number of hydrazine groups is 1. The Kier molecular flexibility index (Phi) is 5.73. The van der Waals surface area contributed by atoms with Crippen LogP contribution < -0.4 is 10.7 Å². The molecule has 1 fully saturated rings. The van der Waals surface area contributed by atoms with Crippen LogP contribution in [0.15, 0.2) is 18.2 Å². The highest BCUT2D eigenvalue weighted by atomic mass is 19.2. The minimum Gasteiger partial charge on any atom is -0.382 e. The molecule has 0 atom stereocenters. The van der Waals surface area contributed by atoms with Crippen molar-refractivity contribution in [1.29, 1.82) is 0 Å². The van der Waals surface area contributed by atoms with E-state index in [1.807, 2.05) is 0 Å². The third-order valence-corrected chi connectivity index (χ3v) is 3.65. The molecule has 2 N–H and O–H groups in total. The van der Waals surface area contributed by atoms with Gasteiger partial charge in [0, 0.05) is 37.4 Å². The fraction of sp³-hybridized carbons (Fsp3) is 0.600. The van der Waals surface area contributed by atoms with Crippen LogP contribution >= 0.6 is 0 Å². The zero-order valence-corrected chi connectivity index (χ0v) is 12.0. The Labute approximate surface area is 119 Å².